The molecule has 0 aliphatic rings. The fourth-order valence-electron chi connectivity index (χ4n) is 2.38. The van der Waals surface area contributed by atoms with Crippen LogP contribution in [-0.2, 0) is 13.2 Å². The van der Waals surface area contributed by atoms with E-state index in [0.29, 0.717) is 12.1 Å². The number of para-hydroxylation sites is 1. The highest BCUT2D eigenvalue weighted by Crippen LogP contribution is 2.22. The quantitative estimate of drug-likeness (QED) is 0.595. The molecule has 26 heavy (non-hydrogen) atoms. The topological polar surface area (TPSA) is 33.3 Å². The van der Waals surface area contributed by atoms with Crippen LogP contribution in [-0.4, -0.2) is 0 Å². The minimum atomic E-state index is -0.576. The van der Waals surface area contributed by atoms with E-state index in [2.05, 4.69) is 10.9 Å². The van der Waals surface area contributed by atoms with Crippen molar-refractivity contribution in [2.75, 3.05) is 5.43 Å². The molecule has 0 aromatic heterocycles. The van der Waals surface area contributed by atoms with E-state index < -0.39 is 17.5 Å². The highest BCUT2D eigenvalue weighted by atomic mass is 19.1. The van der Waals surface area contributed by atoms with Gasteiger partial charge in [0.05, 0.1) is 0 Å². The van der Waals surface area contributed by atoms with Crippen molar-refractivity contribution in [1.29, 1.82) is 0 Å². The molecular formula is C20H17F3N2O. The lowest BCUT2D eigenvalue weighted by Gasteiger charge is -2.14. The van der Waals surface area contributed by atoms with Crippen LogP contribution in [0.2, 0.25) is 0 Å². The number of ether oxygens (including phenoxy) is 1. The molecule has 0 aliphatic heterocycles. The van der Waals surface area contributed by atoms with Crippen LogP contribution in [0.4, 0.5) is 18.9 Å². The fraction of sp³-hybridized carbons (Fsp3) is 0.100. The van der Waals surface area contributed by atoms with Gasteiger partial charge in [0.1, 0.15) is 29.8 Å². The molecule has 3 aromatic carbocycles. The lowest BCUT2D eigenvalue weighted by atomic mass is 10.2. The predicted octanol–water partition coefficient (Wildman–Crippen LogP) is 4.80. The second kappa shape index (κ2) is 8.40. The Morgan fingerprint density at radius 3 is 2.31 bits per heavy atom. The Balaban J connectivity index is 1.66. The van der Waals surface area contributed by atoms with Crippen LogP contribution in [0.5, 0.6) is 5.75 Å². The first kappa shape index (κ1) is 17.8. The lowest BCUT2D eigenvalue weighted by molar-refractivity contribution is 0.294. The summed E-state index contributed by atoms with van der Waals surface area (Å²) in [6.45, 7) is 0.141. The summed E-state index contributed by atoms with van der Waals surface area (Å²) in [6.07, 6.45) is 0. The number of anilines is 1. The highest BCUT2D eigenvalue weighted by molar-refractivity contribution is 5.41. The molecule has 0 spiro atoms. The van der Waals surface area contributed by atoms with E-state index in [0.717, 1.165) is 23.9 Å². The third kappa shape index (κ3) is 4.77. The number of nitrogens with one attached hydrogen (secondary N) is 2. The summed E-state index contributed by atoms with van der Waals surface area (Å²) in [7, 11) is 0. The minimum absolute atomic E-state index is 0.0654. The van der Waals surface area contributed by atoms with Crippen LogP contribution in [0, 0.1) is 17.5 Å². The zero-order valence-electron chi connectivity index (χ0n) is 13.8. The molecule has 0 saturated carbocycles. The summed E-state index contributed by atoms with van der Waals surface area (Å²) in [6, 6.07) is 16.7. The molecule has 0 fully saturated rings. The zero-order chi connectivity index (χ0) is 18.4. The fourth-order valence-corrected chi connectivity index (χ4v) is 2.38. The van der Waals surface area contributed by atoms with Crippen molar-refractivity contribution in [1.82, 2.24) is 5.43 Å². The first-order valence-electron chi connectivity index (χ1n) is 8.01. The molecule has 0 heterocycles. The van der Waals surface area contributed by atoms with E-state index in [-0.39, 0.29) is 17.9 Å². The van der Waals surface area contributed by atoms with E-state index in [4.69, 9.17) is 4.74 Å². The van der Waals surface area contributed by atoms with Gasteiger partial charge in [0, 0.05) is 29.4 Å². The van der Waals surface area contributed by atoms with Crippen molar-refractivity contribution in [3.05, 3.63) is 95.3 Å². The molecule has 3 rings (SSSR count). The average Bonchev–Trinajstić information content (AvgIpc) is 2.65. The third-order valence-corrected chi connectivity index (χ3v) is 3.71. The highest BCUT2D eigenvalue weighted by Gasteiger charge is 2.09. The molecule has 0 saturated heterocycles. The summed E-state index contributed by atoms with van der Waals surface area (Å²) in [5, 5.41) is 0. The number of halogens is 3. The van der Waals surface area contributed by atoms with Crippen molar-refractivity contribution >= 4 is 5.69 Å². The van der Waals surface area contributed by atoms with E-state index in [1.54, 1.807) is 6.07 Å². The lowest BCUT2D eigenvalue weighted by Crippen LogP contribution is -2.21. The Labute approximate surface area is 149 Å². The molecule has 0 unspecified atom stereocenters. The normalized spacial score (nSPS) is 10.6. The molecule has 6 heteroatoms. The number of hydrogen-bond donors (Lipinski definition) is 2. The van der Waals surface area contributed by atoms with Gasteiger partial charge in [-0.1, -0.05) is 24.3 Å². The first-order chi connectivity index (χ1) is 12.6. The van der Waals surface area contributed by atoms with Gasteiger partial charge < -0.3 is 10.2 Å². The minimum Gasteiger partial charge on any atom is -0.488 e. The molecule has 134 valence electrons. The largest absolute Gasteiger partial charge is 0.488 e. The number of rotatable bonds is 7. The van der Waals surface area contributed by atoms with Crippen LogP contribution in [0.25, 0.3) is 0 Å². The molecular weight excluding hydrogens is 341 g/mol. The van der Waals surface area contributed by atoms with Crippen molar-refractivity contribution in [3.63, 3.8) is 0 Å². The van der Waals surface area contributed by atoms with Gasteiger partial charge in [-0.25, -0.2) is 18.6 Å². The smallest absolute Gasteiger partial charge is 0.130 e. The maximum Gasteiger partial charge on any atom is 0.130 e. The standard InChI is InChI=1S/C20H17F3N2O/c21-16-8-9-19(23)15(10-16)13-26-20-11-17(22)7-6-14(20)12-24-25-18-4-2-1-3-5-18/h1-11,24-25H,12-13H2. The third-order valence-electron chi connectivity index (χ3n) is 3.71. The molecule has 0 aliphatic carbocycles. The Hall–Kier alpha value is -2.99. The molecule has 2 N–H and O–H groups in total. The molecule has 3 aromatic rings. The summed E-state index contributed by atoms with van der Waals surface area (Å²) in [5.74, 6) is -1.35. The van der Waals surface area contributed by atoms with Crippen LogP contribution in [0.15, 0.2) is 66.7 Å². The molecule has 0 bridgehead atoms. The Morgan fingerprint density at radius 2 is 1.50 bits per heavy atom. The van der Waals surface area contributed by atoms with Crippen LogP contribution in [0.3, 0.4) is 0 Å². The zero-order valence-corrected chi connectivity index (χ0v) is 13.8. The number of benzene rings is 3. The van der Waals surface area contributed by atoms with Gasteiger partial charge in [-0.2, -0.15) is 0 Å². The van der Waals surface area contributed by atoms with Crippen LogP contribution < -0.4 is 15.6 Å². The second-order valence-corrected chi connectivity index (χ2v) is 5.62. The Morgan fingerprint density at radius 1 is 0.769 bits per heavy atom. The van der Waals surface area contributed by atoms with Gasteiger partial charge in [-0.05, 0) is 36.4 Å². The second-order valence-electron chi connectivity index (χ2n) is 5.62. The number of hydrogen-bond acceptors (Lipinski definition) is 3. The van der Waals surface area contributed by atoms with Gasteiger partial charge in [0.25, 0.3) is 0 Å². The van der Waals surface area contributed by atoms with Crippen molar-refractivity contribution in [3.8, 4) is 5.75 Å². The first-order valence-corrected chi connectivity index (χ1v) is 8.01. The summed E-state index contributed by atoms with van der Waals surface area (Å²) in [4.78, 5) is 0. The predicted molar refractivity (Wildman–Crippen MR) is 94.0 cm³/mol. The van der Waals surface area contributed by atoms with Crippen molar-refractivity contribution in [2.24, 2.45) is 0 Å². The Kier molecular flexibility index (Phi) is 5.76. The number of hydrazine groups is 1. The summed E-state index contributed by atoms with van der Waals surface area (Å²) in [5.41, 5.74) is 7.64. The van der Waals surface area contributed by atoms with Crippen molar-refractivity contribution < 1.29 is 17.9 Å². The van der Waals surface area contributed by atoms with Gasteiger partial charge in [0.15, 0.2) is 0 Å². The van der Waals surface area contributed by atoms with E-state index >= 15 is 0 Å². The van der Waals surface area contributed by atoms with Gasteiger partial charge >= 0.3 is 0 Å². The van der Waals surface area contributed by atoms with Gasteiger partial charge in [-0.3, -0.25) is 0 Å². The Bertz CT molecular complexity index is 872. The maximum atomic E-state index is 13.7. The summed E-state index contributed by atoms with van der Waals surface area (Å²) >= 11 is 0. The monoisotopic (exact) mass is 358 g/mol. The van der Waals surface area contributed by atoms with Crippen molar-refractivity contribution in [2.45, 2.75) is 13.2 Å². The van der Waals surface area contributed by atoms with Gasteiger partial charge in [0.2, 0.25) is 0 Å². The van der Waals surface area contributed by atoms with Crippen LogP contribution in [0.1, 0.15) is 11.1 Å². The molecule has 3 nitrogen and oxygen atoms in total. The van der Waals surface area contributed by atoms with E-state index in [1.807, 2.05) is 30.3 Å². The molecule has 0 amide bonds. The SMILES string of the molecule is Fc1ccc(F)c(COc2cc(F)ccc2CNNc2ccccc2)c1. The van der Waals surface area contributed by atoms with Gasteiger partial charge in [-0.15, -0.1) is 0 Å². The summed E-state index contributed by atoms with van der Waals surface area (Å²) < 4.78 is 46.0. The maximum absolute atomic E-state index is 13.7. The molecule has 0 atom stereocenters. The van der Waals surface area contributed by atoms with E-state index in [9.17, 15) is 13.2 Å². The molecule has 0 radical (unpaired) electrons. The van der Waals surface area contributed by atoms with E-state index in [1.165, 1.54) is 12.1 Å². The average molecular weight is 358 g/mol. The van der Waals surface area contributed by atoms with Crippen LogP contribution >= 0.6 is 0 Å².